The molecule has 0 heterocycles. The summed E-state index contributed by atoms with van der Waals surface area (Å²) in [6.45, 7) is 0.430. The molecule has 0 unspecified atom stereocenters. The second kappa shape index (κ2) is 9.28. The van der Waals surface area contributed by atoms with Gasteiger partial charge in [0.15, 0.2) is 5.75 Å². The lowest BCUT2D eigenvalue weighted by Gasteiger charge is -2.12. The molecule has 0 atom stereocenters. The molecule has 0 radical (unpaired) electrons. The third kappa shape index (κ3) is 5.80. The van der Waals surface area contributed by atoms with Gasteiger partial charge in [0.05, 0.1) is 20.1 Å². The van der Waals surface area contributed by atoms with Gasteiger partial charge in [-0.1, -0.05) is 75.7 Å². The lowest BCUT2D eigenvalue weighted by molar-refractivity contribution is 0.305. The fourth-order valence-electron chi connectivity index (χ4n) is 1.74. The van der Waals surface area contributed by atoms with Gasteiger partial charge in [-0.15, -0.1) is 0 Å². The predicted octanol–water partition coefficient (Wildman–Crippen LogP) is 7.58. The molecule has 0 saturated carbocycles. The molecule has 0 fully saturated rings. The number of rotatable bonds is 6. The Balaban J connectivity index is 2.07. The number of ether oxygens (including phenoxy) is 2. The first-order valence-corrected chi connectivity index (χ1v) is 8.83. The van der Waals surface area contributed by atoms with E-state index >= 15 is 0 Å². The Morgan fingerprint density at radius 2 is 1.50 bits per heavy atom. The van der Waals surface area contributed by atoms with Gasteiger partial charge in [0.1, 0.15) is 23.5 Å². The van der Waals surface area contributed by atoms with E-state index in [0.29, 0.717) is 31.6 Å². The Morgan fingerprint density at radius 3 is 2.08 bits per heavy atom. The predicted molar refractivity (Wildman–Crippen MR) is 103 cm³/mol. The fraction of sp³-hybridized carbons (Fsp3) is 0.125. The third-order valence-electron chi connectivity index (χ3n) is 2.83. The van der Waals surface area contributed by atoms with Gasteiger partial charge in [0.2, 0.25) is 0 Å². The van der Waals surface area contributed by atoms with Gasteiger partial charge in [-0.05, 0) is 23.8 Å². The zero-order chi connectivity index (χ0) is 17.7. The van der Waals surface area contributed by atoms with Crippen molar-refractivity contribution in [3.63, 3.8) is 0 Å². The van der Waals surface area contributed by atoms with Crippen LogP contribution >= 0.6 is 69.6 Å². The molecule has 2 aromatic rings. The highest BCUT2D eigenvalue weighted by molar-refractivity contribution is 6.55. The number of benzene rings is 2. The van der Waals surface area contributed by atoms with Crippen LogP contribution in [0.15, 0.2) is 40.9 Å². The van der Waals surface area contributed by atoms with E-state index in [2.05, 4.69) is 0 Å². The molecular weight excluding hydrogens is 437 g/mol. The summed E-state index contributed by atoms with van der Waals surface area (Å²) >= 11 is 35.3. The van der Waals surface area contributed by atoms with E-state index in [1.165, 1.54) is 6.08 Å². The summed E-state index contributed by atoms with van der Waals surface area (Å²) in [6.07, 6.45) is 1.50. The molecule has 0 aliphatic carbocycles. The van der Waals surface area contributed by atoms with Crippen molar-refractivity contribution in [3.8, 4) is 11.5 Å². The minimum Gasteiger partial charge on any atom is -0.489 e. The Labute approximate surface area is 169 Å². The van der Waals surface area contributed by atoms with Crippen LogP contribution in [-0.2, 0) is 6.61 Å². The van der Waals surface area contributed by atoms with Crippen molar-refractivity contribution >= 4 is 69.6 Å². The zero-order valence-corrected chi connectivity index (χ0v) is 16.5. The van der Waals surface area contributed by atoms with Gasteiger partial charge in [-0.2, -0.15) is 0 Å². The Hall–Kier alpha value is -0.480. The van der Waals surface area contributed by atoms with Crippen LogP contribution in [0.3, 0.4) is 0 Å². The highest BCUT2D eigenvalue weighted by Gasteiger charge is 2.11. The van der Waals surface area contributed by atoms with Crippen molar-refractivity contribution in [1.82, 2.24) is 0 Å². The minimum atomic E-state index is 0.119. The van der Waals surface area contributed by atoms with Crippen molar-refractivity contribution in [2.24, 2.45) is 0 Å². The Kier molecular flexibility index (Phi) is 7.67. The van der Waals surface area contributed by atoms with Gasteiger partial charge >= 0.3 is 0 Å². The molecule has 0 saturated heterocycles. The van der Waals surface area contributed by atoms with E-state index in [4.69, 9.17) is 79.1 Å². The van der Waals surface area contributed by atoms with Gasteiger partial charge in [0.25, 0.3) is 0 Å². The lowest BCUT2D eigenvalue weighted by Crippen LogP contribution is -1.98. The molecule has 0 bridgehead atoms. The van der Waals surface area contributed by atoms with Crippen LogP contribution in [0.25, 0.3) is 0 Å². The molecule has 0 aliphatic heterocycles. The molecule has 0 amide bonds. The first kappa shape index (κ1) is 19.8. The second-order valence-corrected chi connectivity index (χ2v) is 7.19. The maximum atomic E-state index is 6.19. The van der Waals surface area contributed by atoms with Crippen LogP contribution in [0.2, 0.25) is 20.1 Å². The van der Waals surface area contributed by atoms with Crippen molar-refractivity contribution in [3.05, 3.63) is 66.6 Å². The van der Waals surface area contributed by atoms with E-state index in [-0.39, 0.29) is 17.7 Å². The molecule has 2 nitrogen and oxygen atoms in total. The topological polar surface area (TPSA) is 18.5 Å². The summed E-state index contributed by atoms with van der Waals surface area (Å²) in [4.78, 5) is 0. The number of hydrogen-bond acceptors (Lipinski definition) is 2. The highest BCUT2D eigenvalue weighted by atomic mass is 35.5. The Morgan fingerprint density at radius 1 is 0.833 bits per heavy atom. The zero-order valence-electron chi connectivity index (χ0n) is 12.0. The van der Waals surface area contributed by atoms with Crippen LogP contribution in [0.4, 0.5) is 0 Å². The molecule has 0 N–H and O–H groups in total. The molecule has 128 valence electrons. The maximum absolute atomic E-state index is 6.19. The normalized spacial score (nSPS) is 10.4. The molecular formula is C16H10Cl6O2. The first-order valence-electron chi connectivity index (χ1n) is 6.56. The van der Waals surface area contributed by atoms with Crippen LogP contribution < -0.4 is 9.47 Å². The van der Waals surface area contributed by atoms with Crippen molar-refractivity contribution in [1.29, 1.82) is 0 Å². The standard InChI is InChI=1S/C16H10Cl6O2/c17-11-2-1-9(5-12(11)18)8-24-16-13(19)6-10(7-14(16)20)23-4-3-15(21)22/h1-3,5-7H,4,8H2. The lowest BCUT2D eigenvalue weighted by atomic mass is 10.2. The average molecular weight is 447 g/mol. The summed E-state index contributed by atoms with van der Waals surface area (Å²) in [5, 5.41) is 1.56. The van der Waals surface area contributed by atoms with Crippen molar-refractivity contribution < 1.29 is 9.47 Å². The molecule has 2 rings (SSSR count). The summed E-state index contributed by atoms with van der Waals surface area (Å²) in [6, 6.07) is 8.39. The van der Waals surface area contributed by atoms with Crippen LogP contribution in [0.1, 0.15) is 5.56 Å². The van der Waals surface area contributed by atoms with Gasteiger partial charge < -0.3 is 9.47 Å². The fourth-order valence-corrected chi connectivity index (χ4v) is 2.77. The van der Waals surface area contributed by atoms with Crippen LogP contribution in [0.5, 0.6) is 11.5 Å². The summed E-state index contributed by atoms with van der Waals surface area (Å²) in [5.41, 5.74) is 0.832. The summed E-state index contributed by atoms with van der Waals surface area (Å²) in [5.74, 6) is 0.820. The van der Waals surface area contributed by atoms with Crippen LogP contribution in [-0.4, -0.2) is 6.61 Å². The van der Waals surface area contributed by atoms with E-state index in [9.17, 15) is 0 Å². The van der Waals surface area contributed by atoms with Gasteiger partial charge in [0, 0.05) is 12.1 Å². The Bertz CT molecular complexity index is 733. The third-order valence-corrected chi connectivity index (χ3v) is 4.44. The SMILES string of the molecule is ClC(Cl)=CCOc1cc(Cl)c(OCc2ccc(Cl)c(Cl)c2)c(Cl)c1. The van der Waals surface area contributed by atoms with E-state index < -0.39 is 0 Å². The first-order chi connectivity index (χ1) is 11.4. The second-order valence-electron chi connectivity index (χ2n) is 4.56. The molecule has 24 heavy (non-hydrogen) atoms. The molecule has 2 aromatic carbocycles. The smallest absolute Gasteiger partial charge is 0.157 e. The van der Waals surface area contributed by atoms with E-state index in [0.717, 1.165) is 5.56 Å². The monoisotopic (exact) mass is 444 g/mol. The van der Waals surface area contributed by atoms with Gasteiger partial charge in [-0.3, -0.25) is 0 Å². The van der Waals surface area contributed by atoms with Crippen LogP contribution in [0, 0.1) is 0 Å². The maximum Gasteiger partial charge on any atom is 0.157 e. The number of halogens is 6. The summed E-state index contributed by atoms with van der Waals surface area (Å²) < 4.78 is 11.2. The molecule has 0 spiro atoms. The van der Waals surface area contributed by atoms with Crippen molar-refractivity contribution in [2.45, 2.75) is 6.61 Å². The summed E-state index contributed by atoms with van der Waals surface area (Å²) in [7, 11) is 0. The molecule has 0 aliphatic rings. The molecule has 8 heteroatoms. The quantitative estimate of drug-likeness (QED) is 0.455. The van der Waals surface area contributed by atoms with Gasteiger partial charge in [-0.25, -0.2) is 0 Å². The highest BCUT2D eigenvalue weighted by Crippen LogP contribution is 2.37. The van der Waals surface area contributed by atoms with E-state index in [1.54, 1.807) is 30.3 Å². The van der Waals surface area contributed by atoms with E-state index in [1.807, 2.05) is 0 Å². The largest absolute Gasteiger partial charge is 0.489 e. The molecule has 0 aromatic heterocycles. The minimum absolute atomic E-state index is 0.119. The number of hydrogen-bond donors (Lipinski definition) is 0. The van der Waals surface area contributed by atoms with Crippen molar-refractivity contribution in [2.75, 3.05) is 6.61 Å². The average Bonchev–Trinajstić information content (AvgIpc) is 2.49.